The van der Waals surface area contributed by atoms with Gasteiger partial charge in [0.1, 0.15) is 0 Å². The largest absolute Gasteiger partial charge is 0.369 e. The van der Waals surface area contributed by atoms with E-state index in [1.165, 1.54) is 25.7 Å². The molecule has 3 aliphatic rings. The van der Waals surface area contributed by atoms with Gasteiger partial charge in [0.15, 0.2) is 0 Å². The molecule has 12 heavy (non-hydrogen) atoms. The van der Waals surface area contributed by atoms with Crippen LogP contribution >= 0.6 is 0 Å². The lowest BCUT2D eigenvalue weighted by atomic mass is 9.59. The first-order valence-corrected chi connectivity index (χ1v) is 4.99. The third kappa shape index (κ3) is 1.05. The van der Waals surface area contributed by atoms with Gasteiger partial charge in [-0.3, -0.25) is 4.79 Å². The van der Waals surface area contributed by atoms with Crippen LogP contribution in [-0.4, -0.2) is 5.91 Å². The van der Waals surface area contributed by atoms with E-state index in [4.69, 9.17) is 5.73 Å². The average molecular weight is 167 g/mol. The lowest BCUT2D eigenvalue weighted by molar-refractivity contribution is -0.130. The summed E-state index contributed by atoms with van der Waals surface area (Å²) in [5.74, 6) is 2.08. The van der Waals surface area contributed by atoms with Crippen molar-refractivity contribution in [1.82, 2.24) is 0 Å². The van der Waals surface area contributed by atoms with Crippen LogP contribution in [0.3, 0.4) is 0 Å². The molecule has 0 aromatic rings. The van der Waals surface area contributed by atoms with Gasteiger partial charge in [-0.25, -0.2) is 0 Å². The molecule has 2 nitrogen and oxygen atoms in total. The number of amides is 1. The lowest BCUT2D eigenvalue weighted by Crippen LogP contribution is -2.45. The van der Waals surface area contributed by atoms with Crippen LogP contribution in [0.15, 0.2) is 0 Å². The Kier molecular flexibility index (Phi) is 1.85. The van der Waals surface area contributed by atoms with E-state index in [-0.39, 0.29) is 11.8 Å². The summed E-state index contributed by atoms with van der Waals surface area (Å²) in [6.07, 6.45) is 5.14. The number of carbonyl (C=O) groups excluding carboxylic acids is 1. The molecular formula is C10H17NO. The van der Waals surface area contributed by atoms with Gasteiger partial charge in [0.2, 0.25) is 5.91 Å². The summed E-state index contributed by atoms with van der Waals surface area (Å²) in [5, 5.41) is 0. The van der Waals surface area contributed by atoms with Gasteiger partial charge < -0.3 is 5.73 Å². The van der Waals surface area contributed by atoms with Crippen LogP contribution in [0.2, 0.25) is 0 Å². The molecule has 2 N–H and O–H groups in total. The second-order valence-corrected chi connectivity index (χ2v) is 4.46. The third-order valence-corrected chi connectivity index (χ3v) is 3.96. The van der Waals surface area contributed by atoms with Gasteiger partial charge in [-0.05, 0) is 43.4 Å². The summed E-state index contributed by atoms with van der Waals surface area (Å²) in [7, 11) is 0. The quantitative estimate of drug-likeness (QED) is 0.632. The predicted octanol–water partition coefficient (Wildman–Crippen LogP) is 1.54. The Morgan fingerprint density at radius 3 is 2.00 bits per heavy atom. The lowest BCUT2D eigenvalue weighted by Gasteiger charge is -2.45. The van der Waals surface area contributed by atoms with E-state index in [0.717, 1.165) is 5.92 Å². The van der Waals surface area contributed by atoms with E-state index in [0.29, 0.717) is 11.8 Å². The molecule has 0 saturated heterocycles. The zero-order valence-electron chi connectivity index (χ0n) is 7.62. The van der Waals surface area contributed by atoms with E-state index < -0.39 is 0 Å². The molecule has 3 rings (SSSR count). The number of carbonyl (C=O) groups is 1. The van der Waals surface area contributed by atoms with Gasteiger partial charge in [0.05, 0.1) is 0 Å². The monoisotopic (exact) mass is 167 g/mol. The number of fused-ring (bicyclic) bond motifs is 3. The van der Waals surface area contributed by atoms with Crippen molar-refractivity contribution in [2.45, 2.75) is 32.6 Å². The van der Waals surface area contributed by atoms with Crippen LogP contribution in [0.4, 0.5) is 0 Å². The van der Waals surface area contributed by atoms with Crippen molar-refractivity contribution in [2.24, 2.45) is 29.4 Å². The minimum atomic E-state index is -0.0584. The SMILES string of the molecule is CC1C2CCC(CC2)C1C(N)=O. The van der Waals surface area contributed by atoms with Crippen LogP contribution in [-0.2, 0) is 4.79 Å². The van der Waals surface area contributed by atoms with Crippen LogP contribution in [0, 0.1) is 23.7 Å². The summed E-state index contributed by atoms with van der Waals surface area (Å²) in [6, 6.07) is 0. The molecule has 0 heterocycles. The number of primary amides is 1. The Labute approximate surface area is 73.5 Å². The van der Waals surface area contributed by atoms with Gasteiger partial charge in [-0.1, -0.05) is 6.92 Å². The minimum Gasteiger partial charge on any atom is -0.369 e. The number of rotatable bonds is 1. The molecule has 0 aliphatic heterocycles. The Hall–Kier alpha value is -0.530. The first-order valence-electron chi connectivity index (χ1n) is 4.99. The molecule has 2 bridgehead atoms. The fourth-order valence-electron chi connectivity index (χ4n) is 3.24. The molecule has 0 spiro atoms. The first kappa shape index (κ1) is 8.09. The summed E-state index contributed by atoms with van der Waals surface area (Å²) in [6.45, 7) is 2.20. The van der Waals surface area contributed by atoms with Crippen molar-refractivity contribution in [3.63, 3.8) is 0 Å². The number of nitrogens with two attached hydrogens (primary N) is 1. The zero-order chi connectivity index (χ0) is 8.72. The second-order valence-electron chi connectivity index (χ2n) is 4.46. The fourth-order valence-corrected chi connectivity index (χ4v) is 3.24. The maximum absolute atomic E-state index is 11.2. The van der Waals surface area contributed by atoms with Crippen molar-refractivity contribution in [3.8, 4) is 0 Å². The summed E-state index contributed by atoms with van der Waals surface area (Å²) >= 11 is 0. The first-order chi connectivity index (χ1) is 5.70. The Morgan fingerprint density at radius 2 is 1.67 bits per heavy atom. The molecule has 3 fully saturated rings. The molecule has 0 radical (unpaired) electrons. The molecule has 0 aromatic heterocycles. The van der Waals surface area contributed by atoms with Gasteiger partial charge in [0, 0.05) is 5.92 Å². The van der Waals surface area contributed by atoms with Crippen LogP contribution < -0.4 is 5.73 Å². The van der Waals surface area contributed by atoms with Gasteiger partial charge in [0.25, 0.3) is 0 Å². The van der Waals surface area contributed by atoms with E-state index in [1.54, 1.807) is 0 Å². The van der Waals surface area contributed by atoms with E-state index in [1.807, 2.05) is 0 Å². The highest BCUT2D eigenvalue weighted by Gasteiger charge is 2.43. The standard InChI is InChI=1S/C10H17NO/c1-6-7-2-4-8(5-3-7)9(6)10(11)12/h6-9H,2-5H2,1H3,(H2,11,12). The maximum atomic E-state index is 11.2. The number of hydrogen-bond acceptors (Lipinski definition) is 1. The van der Waals surface area contributed by atoms with E-state index in [2.05, 4.69) is 6.92 Å². The minimum absolute atomic E-state index is 0.0584. The van der Waals surface area contributed by atoms with Gasteiger partial charge in [-0.2, -0.15) is 0 Å². The number of hydrogen-bond donors (Lipinski definition) is 1. The third-order valence-electron chi connectivity index (χ3n) is 3.96. The fraction of sp³-hybridized carbons (Fsp3) is 0.900. The highest BCUT2D eigenvalue weighted by molar-refractivity contribution is 5.77. The summed E-state index contributed by atoms with van der Waals surface area (Å²) in [4.78, 5) is 11.2. The van der Waals surface area contributed by atoms with Crippen LogP contribution in [0.5, 0.6) is 0 Å². The Balaban J connectivity index is 2.18. The Morgan fingerprint density at radius 1 is 1.17 bits per heavy atom. The topological polar surface area (TPSA) is 43.1 Å². The van der Waals surface area contributed by atoms with Crippen molar-refractivity contribution in [2.75, 3.05) is 0 Å². The molecule has 3 aliphatic carbocycles. The Bertz CT molecular complexity index is 192. The molecule has 2 unspecified atom stereocenters. The summed E-state index contributed by atoms with van der Waals surface area (Å²) < 4.78 is 0. The molecule has 2 atom stereocenters. The van der Waals surface area contributed by atoms with Crippen molar-refractivity contribution >= 4 is 5.91 Å². The van der Waals surface area contributed by atoms with E-state index in [9.17, 15) is 4.79 Å². The van der Waals surface area contributed by atoms with E-state index >= 15 is 0 Å². The van der Waals surface area contributed by atoms with Gasteiger partial charge in [-0.15, -0.1) is 0 Å². The molecular weight excluding hydrogens is 150 g/mol. The van der Waals surface area contributed by atoms with Gasteiger partial charge >= 0.3 is 0 Å². The van der Waals surface area contributed by atoms with Crippen LogP contribution in [0.25, 0.3) is 0 Å². The zero-order valence-corrected chi connectivity index (χ0v) is 7.62. The second kappa shape index (κ2) is 2.75. The molecule has 1 amide bonds. The predicted molar refractivity (Wildman–Crippen MR) is 47.3 cm³/mol. The highest BCUT2D eigenvalue weighted by atomic mass is 16.1. The van der Waals surface area contributed by atoms with Crippen molar-refractivity contribution < 1.29 is 4.79 Å². The normalized spacial score (nSPS) is 46.1. The molecule has 3 saturated carbocycles. The van der Waals surface area contributed by atoms with Crippen molar-refractivity contribution in [1.29, 1.82) is 0 Å². The highest BCUT2D eigenvalue weighted by Crippen LogP contribution is 2.48. The average Bonchev–Trinajstić information content (AvgIpc) is 2.05. The maximum Gasteiger partial charge on any atom is 0.221 e. The summed E-state index contributed by atoms with van der Waals surface area (Å²) in [5.41, 5.74) is 5.41. The van der Waals surface area contributed by atoms with Crippen LogP contribution in [0.1, 0.15) is 32.6 Å². The molecule has 0 aromatic carbocycles. The molecule has 68 valence electrons. The molecule has 2 heteroatoms. The van der Waals surface area contributed by atoms with Crippen molar-refractivity contribution in [3.05, 3.63) is 0 Å². The smallest absolute Gasteiger partial charge is 0.221 e.